The molecule has 2 aromatic rings. The van der Waals surface area contributed by atoms with Crippen LogP contribution in [0.1, 0.15) is 0 Å². The second-order valence-corrected chi connectivity index (χ2v) is 4.31. The van der Waals surface area contributed by atoms with E-state index in [-0.39, 0.29) is 0 Å². The molecule has 6 heteroatoms. The summed E-state index contributed by atoms with van der Waals surface area (Å²) in [6.07, 6.45) is 1.96. The highest BCUT2D eigenvalue weighted by Crippen LogP contribution is 2.43. The number of nitrogens with two attached hydrogens (primary N) is 1. The SMILES string of the molecule is COc1ccc(OC)c(-c2cc(N)no2)c1SC. The van der Waals surface area contributed by atoms with Crippen LogP contribution in [-0.2, 0) is 0 Å². The average molecular weight is 266 g/mol. The first-order valence-corrected chi connectivity index (χ1v) is 6.45. The number of aromatic nitrogens is 1. The molecule has 0 aliphatic carbocycles. The number of hydrogen-bond acceptors (Lipinski definition) is 6. The summed E-state index contributed by atoms with van der Waals surface area (Å²) in [6, 6.07) is 5.34. The molecular formula is C12H14N2O3S. The van der Waals surface area contributed by atoms with Gasteiger partial charge in [0.05, 0.1) is 24.7 Å². The third-order valence-electron chi connectivity index (χ3n) is 2.50. The Hall–Kier alpha value is -1.82. The largest absolute Gasteiger partial charge is 0.496 e. The Labute approximate surface area is 109 Å². The Kier molecular flexibility index (Phi) is 3.66. The first-order valence-electron chi connectivity index (χ1n) is 5.22. The maximum absolute atomic E-state index is 5.59. The average Bonchev–Trinajstić information content (AvgIpc) is 2.83. The summed E-state index contributed by atoms with van der Waals surface area (Å²) in [4.78, 5) is 0.924. The van der Waals surface area contributed by atoms with Gasteiger partial charge in [-0.1, -0.05) is 5.16 Å². The number of nitrogen functional groups attached to an aromatic ring is 1. The topological polar surface area (TPSA) is 70.5 Å². The lowest BCUT2D eigenvalue weighted by Gasteiger charge is -2.13. The zero-order valence-corrected chi connectivity index (χ0v) is 11.2. The third kappa shape index (κ3) is 2.11. The number of anilines is 1. The van der Waals surface area contributed by atoms with Crippen molar-refractivity contribution in [1.82, 2.24) is 5.16 Å². The van der Waals surface area contributed by atoms with E-state index in [9.17, 15) is 0 Å². The highest BCUT2D eigenvalue weighted by Gasteiger charge is 2.19. The van der Waals surface area contributed by atoms with Crippen molar-refractivity contribution in [2.24, 2.45) is 0 Å². The standard InChI is InChI=1S/C12H14N2O3S/c1-15-7-4-5-8(16-2)12(18-3)11(7)9-6-10(13)14-17-9/h4-6H,1-3H3,(H2,13,14). The lowest BCUT2D eigenvalue weighted by atomic mass is 10.1. The van der Waals surface area contributed by atoms with Crippen molar-refractivity contribution in [2.75, 3.05) is 26.2 Å². The molecule has 2 rings (SSSR count). The molecular weight excluding hydrogens is 252 g/mol. The Morgan fingerprint density at radius 1 is 1.22 bits per heavy atom. The van der Waals surface area contributed by atoms with E-state index in [1.165, 1.54) is 0 Å². The van der Waals surface area contributed by atoms with Gasteiger partial charge in [0.25, 0.3) is 0 Å². The number of benzene rings is 1. The van der Waals surface area contributed by atoms with Crippen molar-refractivity contribution >= 4 is 17.6 Å². The van der Waals surface area contributed by atoms with E-state index in [1.54, 1.807) is 32.0 Å². The molecule has 1 aromatic heterocycles. The molecule has 96 valence electrons. The number of methoxy groups -OCH3 is 2. The zero-order chi connectivity index (χ0) is 13.1. The van der Waals surface area contributed by atoms with Gasteiger partial charge >= 0.3 is 0 Å². The molecule has 0 spiro atoms. The molecule has 0 radical (unpaired) electrons. The maximum Gasteiger partial charge on any atom is 0.174 e. The number of hydrogen-bond donors (Lipinski definition) is 1. The number of nitrogens with zero attached hydrogens (tertiary/aromatic N) is 1. The molecule has 0 amide bonds. The maximum atomic E-state index is 5.59. The predicted molar refractivity (Wildman–Crippen MR) is 71.2 cm³/mol. The van der Waals surface area contributed by atoms with Gasteiger partial charge in [-0.2, -0.15) is 0 Å². The van der Waals surface area contributed by atoms with Crippen LogP contribution in [0.5, 0.6) is 11.5 Å². The van der Waals surface area contributed by atoms with Crippen LogP contribution in [-0.4, -0.2) is 25.6 Å². The van der Waals surface area contributed by atoms with Crippen LogP contribution in [0.4, 0.5) is 5.82 Å². The lowest BCUT2D eigenvalue weighted by Crippen LogP contribution is -1.93. The van der Waals surface area contributed by atoms with Crippen LogP contribution in [0.15, 0.2) is 27.6 Å². The van der Waals surface area contributed by atoms with Crippen LogP contribution < -0.4 is 15.2 Å². The molecule has 1 heterocycles. The summed E-state index contributed by atoms with van der Waals surface area (Å²) in [6.45, 7) is 0. The van der Waals surface area contributed by atoms with Crippen molar-refractivity contribution < 1.29 is 14.0 Å². The lowest BCUT2D eigenvalue weighted by molar-refractivity contribution is 0.390. The molecule has 0 unspecified atom stereocenters. The normalized spacial score (nSPS) is 10.4. The quantitative estimate of drug-likeness (QED) is 0.858. The molecule has 0 saturated carbocycles. The Morgan fingerprint density at radius 2 is 1.89 bits per heavy atom. The summed E-state index contributed by atoms with van der Waals surface area (Å²) in [5.41, 5.74) is 6.39. The molecule has 0 saturated heterocycles. The molecule has 0 bridgehead atoms. The van der Waals surface area contributed by atoms with Crippen molar-refractivity contribution in [2.45, 2.75) is 4.90 Å². The van der Waals surface area contributed by atoms with Gasteiger partial charge in [0.1, 0.15) is 11.5 Å². The monoisotopic (exact) mass is 266 g/mol. The van der Waals surface area contributed by atoms with Gasteiger partial charge in [0, 0.05) is 6.07 Å². The van der Waals surface area contributed by atoms with E-state index in [0.717, 1.165) is 16.2 Å². The smallest absolute Gasteiger partial charge is 0.174 e. The molecule has 2 N–H and O–H groups in total. The van der Waals surface area contributed by atoms with Gasteiger partial charge in [-0.05, 0) is 18.4 Å². The van der Waals surface area contributed by atoms with Gasteiger partial charge in [0.15, 0.2) is 11.6 Å². The fourth-order valence-corrected chi connectivity index (χ4v) is 2.48. The van der Waals surface area contributed by atoms with Gasteiger partial charge in [0.2, 0.25) is 0 Å². The van der Waals surface area contributed by atoms with E-state index in [0.29, 0.717) is 17.3 Å². The minimum atomic E-state index is 0.335. The van der Waals surface area contributed by atoms with Crippen LogP contribution in [0, 0.1) is 0 Å². The van der Waals surface area contributed by atoms with Gasteiger partial charge in [-0.25, -0.2) is 0 Å². The zero-order valence-electron chi connectivity index (χ0n) is 10.4. The van der Waals surface area contributed by atoms with E-state index < -0.39 is 0 Å². The second-order valence-electron chi connectivity index (χ2n) is 3.49. The van der Waals surface area contributed by atoms with Crippen LogP contribution >= 0.6 is 11.8 Å². The second kappa shape index (κ2) is 5.22. The molecule has 1 aromatic carbocycles. The number of rotatable bonds is 4. The molecule has 18 heavy (non-hydrogen) atoms. The Bertz CT molecular complexity index is 554. The summed E-state index contributed by atoms with van der Waals surface area (Å²) in [5.74, 6) is 2.35. The van der Waals surface area contributed by atoms with E-state index >= 15 is 0 Å². The highest BCUT2D eigenvalue weighted by molar-refractivity contribution is 7.98. The molecule has 0 fully saturated rings. The fraction of sp³-hybridized carbons (Fsp3) is 0.250. The van der Waals surface area contributed by atoms with Crippen LogP contribution in [0.25, 0.3) is 11.3 Å². The summed E-state index contributed by atoms with van der Waals surface area (Å²) in [7, 11) is 3.23. The third-order valence-corrected chi connectivity index (χ3v) is 3.32. The van der Waals surface area contributed by atoms with E-state index in [1.807, 2.05) is 18.4 Å². The first kappa shape index (κ1) is 12.6. The van der Waals surface area contributed by atoms with Crippen molar-refractivity contribution in [3.63, 3.8) is 0 Å². The predicted octanol–water partition coefficient (Wildman–Crippen LogP) is 2.66. The molecule has 5 nitrogen and oxygen atoms in total. The number of thioether (sulfide) groups is 1. The molecule has 0 atom stereocenters. The Balaban J connectivity index is 2.68. The van der Waals surface area contributed by atoms with Crippen molar-refractivity contribution in [3.8, 4) is 22.8 Å². The summed E-state index contributed by atoms with van der Waals surface area (Å²) in [5, 5.41) is 3.70. The Morgan fingerprint density at radius 3 is 2.39 bits per heavy atom. The van der Waals surface area contributed by atoms with Crippen LogP contribution in [0.2, 0.25) is 0 Å². The minimum absolute atomic E-state index is 0.335. The van der Waals surface area contributed by atoms with Gasteiger partial charge in [-0.15, -0.1) is 11.8 Å². The number of ether oxygens (including phenoxy) is 2. The van der Waals surface area contributed by atoms with Crippen molar-refractivity contribution in [1.29, 1.82) is 0 Å². The molecule has 0 aliphatic heterocycles. The van der Waals surface area contributed by atoms with Gasteiger partial charge in [-0.3, -0.25) is 0 Å². The van der Waals surface area contributed by atoms with Crippen LogP contribution in [0.3, 0.4) is 0 Å². The highest BCUT2D eigenvalue weighted by atomic mass is 32.2. The molecule has 0 aliphatic rings. The summed E-state index contributed by atoms with van der Waals surface area (Å²) < 4.78 is 15.9. The van der Waals surface area contributed by atoms with E-state index in [2.05, 4.69) is 5.16 Å². The fourth-order valence-electron chi connectivity index (χ4n) is 1.72. The summed E-state index contributed by atoms with van der Waals surface area (Å²) >= 11 is 1.55. The minimum Gasteiger partial charge on any atom is -0.496 e. The van der Waals surface area contributed by atoms with Gasteiger partial charge < -0.3 is 19.7 Å². The van der Waals surface area contributed by atoms with E-state index in [4.69, 9.17) is 19.7 Å². The first-order chi connectivity index (χ1) is 8.71. The van der Waals surface area contributed by atoms with Crippen molar-refractivity contribution in [3.05, 3.63) is 18.2 Å².